The Morgan fingerprint density at radius 3 is 2.62 bits per heavy atom. The van der Waals surface area contributed by atoms with Gasteiger partial charge in [-0.15, -0.1) is 0 Å². The number of carbonyl (C=O) groups is 2. The average Bonchev–Trinajstić information content (AvgIpc) is 3.35. The minimum Gasteiger partial charge on any atom is -0.474 e. The molecule has 1 N–H and O–H groups in total. The summed E-state index contributed by atoms with van der Waals surface area (Å²) < 4.78 is 11.3. The first-order valence-corrected chi connectivity index (χ1v) is 8.71. The molecule has 2 aromatic rings. The lowest BCUT2D eigenvalue weighted by molar-refractivity contribution is -0.158. The third-order valence-electron chi connectivity index (χ3n) is 5.45. The van der Waals surface area contributed by atoms with E-state index >= 15 is 0 Å². The van der Waals surface area contributed by atoms with Gasteiger partial charge >= 0.3 is 5.97 Å². The summed E-state index contributed by atoms with van der Waals surface area (Å²) in [5, 5.41) is 11.2. The maximum Gasteiger partial charge on any atom is 0.351 e. The Balaban J connectivity index is 1.87. The zero-order valence-electron chi connectivity index (χ0n) is 14.7. The van der Waals surface area contributed by atoms with Crippen LogP contribution in [0.5, 0.6) is 5.75 Å². The lowest BCUT2D eigenvalue weighted by atomic mass is 9.80. The van der Waals surface area contributed by atoms with Crippen LogP contribution in [0.3, 0.4) is 0 Å². The molecule has 1 heterocycles. The normalized spacial score (nSPS) is 28.3. The quantitative estimate of drug-likeness (QED) is 0.676. The number of aliphatic hydroxyl groups excluding tert-OH is 1. The number of esters is 1. The maximum absolute atomic E-state index is 13.3. The molecule has 5 heteroatoms. The second-order valence-corrected chi connectivity index (χ2v) is 6.89. The van der Waals surface area contributed by atoms with Crippen molar-refractivity contribution in [2.24, 2.45) is 5.41 Å². The van der Waals surface area contributed by atoms with Gasteiger partial charge < -0.3 is 14.6 Å². The number of fused-ring (bicyclic) bond motifs is 2. The van der Waals surface area contributed by atoms with Crippen molar-refractivity contribution in [3.05, 3.63) is 65.2 Å². The smallest absolute Gasteiger partial charge is 0.351 e. The lowest BCUT2D eigenvalue weighted by Gasteiger charge is -2.35. The molecule has 0 bridgehead atoms. The fraction of sp³-hybridized carbons (Fsp3) is 0.333. The highest BCUT2D eigenvalue weighted by atomic mass is 16.6. The molecule has 0 radical (unpaired) electrons. The molecule has 134 valence electrons. The van der Waals surface area contributed by atoms with E-state index in [1.165, 1.54) is 0 Å². The van der Waals surface area contributed by atoms with E-state index in [0.717, 1.165) is 5.56 Å². The monoisotopic (exact) mass is 352 g/mol. The van der Waals surface area contributed by atoms with Crippen molar-refractivity contribution in [1.29, 1.82) is 0 Å². The van der Waals surface area contributed by atoms with E-state index in [1.807, 2.05) is 19.1 Å². The SMILES string of the molecule is CCOC(=O)[C@@]12C[C@]1(C(=O)c1ccccc1)[C@H](O)c1cccc(C)c1O2. The largest absolute Gasteiger partial charge is 0.474 e. The second kappa shape index (κ2) is 5.68. The number of para-hydroxylation sites is 1. The molecule has 0 saturated heterocycles. The van der Waals surface area contributed by atoms with Crippen molar-refractivity contribution >= 4 is 11.8 Å². The summed E-state index contributed by atoms with van der Waals surface area (Å²) in [5.41, 5.74) is -1.06. The number of hydrogen-bond acceptors (Lipinski definition) is 5. The zero-order chi connectivity index (χ0) is 18.5. The molecule has 0 amide bonds. The Morgan fingerprint density at radius 2 is 1.92 bits per heavy atom. The van der Waals surface area contributed by atoms with Gasteiger partial charge in [-0.3, -0.25) is 4.79 Å². The molecule has 1 fully saturated rings. The van der Waals surface area contributed by atoms with Crippen LogP contribution in [0.25, 0.3) is 0 Å². The van der Waals surface area contributed by atoms with Gasteiger partial charge in [-0.05, 0) is 19.4 Å². The molecule has 5 nitrogen and oxygen atoms in total. The van der Waals surface area contributed by atoms with Crippen LogP contribution < -0.4 is 4.74 Å². The first-order chi connectivity index (χ1) is 12.5. The number of rotatable bonds is 4. The van der Waals surface area contributed by atoms with E-state index in [-0.39, 0.29) is 18.8 Å². The number of ether oxygens (including phenoxy) is 2. The molecule has 0 unspecified atom stereocenters. The van der Waals surface area contributed by atoms with Gasteiger partial charge in [-0.25, -0.2) is 4.79 Å². The summed E-state index contributed by atoms with van der Waals surface area (Å²) in [4.78, 5) is 26.1. The predicted molar refractivity (Wildman–Crippen MR) is 94.0 cm³/mol. The first-order valence-electron chi connectivity index (χ1n) is 8.71. The Morgan fingerprint density at radius 1 is 1.19 bits per heavy atom. The van der Waals surface area contributed by atoms with Crippen LogP contribution in [0.2, 0.25) is 0 Å². The molecule has 0 aromatic heterocycles. The average molecular weight is 352 g/mol. The summed E-state index contributed by atoms with van der Waals surface area (Å²) in [6.07, 6.45) is -1.04. The van der Waals surface area contributed by atoms with Crippen molar-refractivity contribution in [1.82, 2.24) is 0 Å². The van der Waals surface area contributed by atoms with E-state index in [2.05, 4.69) is 0 Å². The zero-order valence-corrected chi connectivity index (χ0v) is 14.7. The van der Waals surface area contributed by atoms with Crippen LogP contribution in [0, 0.1) is 12.3 Å². The van der Waals surface area contributed by atoms with Crippen LogP contribution in [-0.4, -0.2) is 29.1 Å². The second-order valence-electron chi connectivity index (χ2n) is 6.89. The molecule has 4 rings (SSSR count). The third-order valence-corrected chi connectivity index (χ3v) is 5.45. The van der Waals surface area contributed by atoms with Crippen LogP contribution in [0.1, 0.15) is 40.9 Å². The van der Waals surface area contributed by atoms with Gasteiger partial charge in [0.25, 0.3) is 0 Å². The molecule has 1 saturated carbocycles. The van der Waals surface area contributed by atoms with Gasteiger partial charge in [0, 0.05) is 17.5 Å². The third kappa shape index (κ3) is 2.01. The molecule has 1 aliphatic carbocycles. The number of carbonyl (C=O) groups excluding carboxylic acids is 2. The highest BCUT2D eigenvalue weighted by Crippen LogP contribution is 2.70. The first kappa shape index (κ1) is 16.8. The fourth-order valence-electron chi connectivity index (χ4n) is 4.04. The number of Topliss-reactive ketones (excluding diaryl/α,β-unsaturated/α-hetero) is 1. The minimum absolute atomic E-state index is 0.0991. The molecular weight excluding hydrogens is 332 g/mol. The van der Waals surface area contributed by atoms with Gasteiger partial charge in [-0.2, -0.15) is 0 Å². The number of aryl methyl sites for hydroxylation is 1. The van der Waals surface area contributed by atoms with E-state index in [9.17, 15) is 14.7 Å². The summed E-state index contributed by atoms with van der Waals surface area (Å²) in [6.45, 7) is 3.73. The minimum atomic E-state index is -1.48. The molecule has 1 aliphatic heterocycles. The van der Waals surface area contributed by atoms with E-state index < -0.39 is 23.1 Å². The molecule has 2 aromatic carbocycles. The van der Waals surface area contributed by atoms with Gasteiger partial charge in [0.1, 0.15) is 17.3 Å². The topological polar surface area (TPSA) is 72.8 Å². The highest BCUT2D eigenvalue weighted by molar-refractivity contribution is 6.10. The van der Waals surface area contributed by atoms with E-state index in [1.54, 1.807) is 43.3 Å². The van der Waals surface area contributed by atoms with E-state index in [4.69, 9.17) is 9.47 Å². The standard InChI is InChI=1S/C21H20O5/c1-3-25-19(24)21-12-20(21,17(22)14-9-5-4-6-10-14)18(23)15-11-7-8-13(2)16(15)26-21/h4-11,18,23H,3,12H2,1-2H3/t18-,20+,21+/m1/s1. The molecule has 2 aliphatic rings. The van der Waals surface area contributed by atoms with Crippen molar-refractivity contribution in [3.8, 4) is 5.75 Å². The van der Waals surface area contributed by atoms with Crippen molar-refractivity contribution in [3.63, 3.8) is 0 Å². The number of hydrogen-bond donors (Lipinski definition) is 1. The van der Waals surface area contributed by atoms with Crippen LogP contribution >= 0.6 is 0 Å². The summed E-state index contributed by atoms with van der Waals surface area (Å²) in [5.74, 6) is -0.440. The van der Waals surface area contributed by atoms with Crippen LogP contribution in [-0.2, 0) is 9.53 Å². The van der Waals surface area contributed by atoms with Gasteiger partial charge in [0.2, 0.25) is 5.60 Å². The Kier molecular flexibility index (Phi) is 3.66. The Bertz CT molecular complexity index is 891. The Hall–Kier alpha value is -2.66. The van der Waals surface area contributed by atoms with Crippen molar-refractivity contribution < 1.29 is 24.2 Å². The van der Waals surface area contributed by atoms with Gasteiger partial charge in [0.15, 0.2) is 5.78 Å². The molecular formula is C21H20O5. The summed E-state index contributed by atoms with van der Waals surface area (Å²) >= 11 is 0. The molecule has 3 atom stereocenters. The molecule has 26 heavy (non-hydrogen) atoms. The predicted octanol–water partition coefficient (Wildman–Crippen LogP) is 3.00. The van der Waals surface area contributed by atoms with Crippen molar-refractivity contribution in [2.75, 3.05) is 6.61 Å². The summed E-state index contributed by atoms with van der Waals surface area (Å²) in [7, 11) is 0. The van der Waals surface area contributed by atoms with Gasteiger partial charge in [0.05, 0.1) is 6.61 Å². The summed E-state index contributed by atoms with van der Waals surface area (Å²) in [6, 6.07) is 14.1. The Labute approximate surface area is 151 Å². The van der Waals surface area contributed by atoms with Crippen molar-refractivity contribution in [2.45, 2.75) is 32.0 Å². The molecule has 0 spiro atoms. The number of ketones is 1. The van der Waals surface area contributed by atoms with Gasteiger partial charge in [-0.1, -0.05) is 48.5 Å². The number of benzene rings is 2. The highest BCUT2D eigenvalue weighted by Gasteiger charge is 2.84. The lowest BCUT2D eigenvalue weighted by Crippen LogP contribution is -2.47. The maximum atomic E-state index is 13.3. The van der Waals surface area contributed by atoms with E-state index in [0.29, 0.717) is 16.9 Å². The van der Waals surface area contributed by atoms with Crippen LogP contribution in [0.15, 0.2) is 48.5 Å². The fourth-order valence-corrected chi connectivity index (χ4v) is 4.04. The van der Waals surface area contributed by atoms with Crippen LogP contribution in [0.4, 0.5) is 0 Å². The number of aliphatic hydroxyl groups is 1.